The van der Waals surface area contributed by atoms with E-state index in [1.807, 2.05) is 19.2 Å². The molecule has 0 saturated carbocycles. The van der Waals surface area contributed by atoms with E-state index in [9.17, 15) is 0 Å². The summed E-state index contributed by atoms with van der Waals surface area (Å²) in [6.07, 6.45) is 7.03. The summed E-state index contributed by atoms with van der Waals surface area (Å²) in [5.41, 5.74) is 8.34. The number of nitrogens with two attached hydrogens (primary N) is 1. The van der Waals surface area contributed by atoms with Crippen molar-refractivity contribution in [1.29, 1.82) is 0 Å². The van der Waals surface area contributed by atoms with Crippen LogP contribution in [0.5, 0.6) is 0 Å². The number of nitrogens with zero attached hydrogens (tertiary/aromatic N) is 3. The van der Waals surface area contributed by atoms with Crippen molar-refractivity contribution < 1.29 is 0 Å². The zero-order chi connectivity index (χ0) is 9.26. The molecule has 0 saturated heterocycles. The first-order chi connectivity index (χ1) is 6.27. The van der Waals surface area contributed by atoms with E-state index in [0.29, 0.717) is 5.69 Å². The Bertz CT molecular complexity index is 419. The molecule has 0 radical (unpaired) electrons. The van der Waals surface area contributed by atoms with Gasteiger partial charge in [0.05, 0.1) is 23.8 Å². The molecule has 0 aliphatic heterocycles. The van der Waals surface area contributed by atoms with E-state index < -0.39 is 0 Å². The number of nitrogen functional groups attached to an aromatic ring is 1. The molecule has 2 N–H and O–H groups in total. The number of anilines is 1. The van der Waals surface area contributed by atoms with Crippen LogP contribution in [-0.4, -0.2) is 14.8 Å². The van der Waals surface area contributed by atoms with Gasteiger partial charge in [-0.2, -0.15) is 5.10 Å². The van der Waals surface area contributed by atoms with Gasteiger partial charge in [0.15, 0.2) is 0 Å². The molecule has 13 heavy (non-hydrogen) atoms. The fraction of sp³-hybridized carbons (Fsp3) is 0.111. The van der Waals surface area contributed by atoms with Gasteiger partial charge < -0.3 is 5.73 Å². The summed E-state index contributed by atoms with van der Waals surface area (Å²) in [7, 11) is 0. The zero-order valence-electron chi connectivity index (χ0n) is 7.31. The minimum atomic E-state index is 0.630. The molecule has 4 heteroatoms. The number of hydrogen-bond acceptors (Lipinski definition) is 3. The van der Waals surface area contributed by atoms with Crippen molar-refractivity contribution in [3.63, 3.8) is 0 Å². The summed E-state index contributed by atoms with van der Waals surface area (Å²) < 4.78 is 1.74. The Kier molecular flexibility index (Phi) is 1.73. The first kappa shape index (κ1) is 7.79. The van der Waals surface area contributed by atoms with Gasteiger partial charge in [0.1, 0.15) is 0 Å². The third-order valence-corrected chi connectivity index (χ3v) is 1.79. The van der Waals surface area contributed by atoms with Crippen LogP contribution in [-0.2, 0) is 0 Å². The zero-order valence-corrected chi connectivity index (χ0v) is 7.31. The highest BCUT2D eigenvalue weighted by atomic mass is 15.3. The van der Waals surface area contributed by atoms with E-state index in [1.165, 1.54) is 0 Å². The molecule has 66 valence electrons. The maximum atomic E-state index is 5.74. The Morgan fingerprint density at radius 3 is 2.85 bits per heavy atom. The highest BCUT2D eigenvalue weighted by Crippen LogP contribution is 2.13. The molecule has 0 unspecified atom stereocenters. The SMILES string of the molecule is Cc1cnn(-c2ccncc2N)c1. The minimum Gasteiger partial charge on any atom is -0.396 e. The Balaban J connectivity index is 2.52. The van der Waals surface area contributed by atoms with Crippen LogP contribution in [0.4, 0.5) is 5.69 Å². The maximum Gasteiger partial charge on any atom is 0.0906 e. The molecule has 0 aliphatic rings. The van der Waals surface area contributed by atoms with Crippen LogP contribution in [0.15, 0.2) is 30.9 Å². The summed E-state index contributed by atoms with van der Waals surface area (Å²) in [5.74, 6) is 0. The molecule has 2 heterocycles. The van der Waals surface area contributed by atoms with Gasteiger partial charge in [0.25, 0.3) is 0 Å². The fourth-order valence-corrected chi connectivity index (χ4v) is 1.15. The summed E-state index contributed by atoms with van der Waals surface area (Å²) in [5, 5.41) is 4.16. The Morgan fingerprint density at radius 1 is 1.38 bits per heavy atom. The van der Waals surface area contributed by atoms with Crippen LogP contribution in [0.3, 0.4) is 0 Å². The number of hydrogen-bond donors (Lipinski definition) is 1. The first-order valence-corrected chi connectivity index (χ1v) is 3.98. The van der Waals surface area contributed by atoms with Gasteiger partial charge in [-0.05, 0) is 18.6 Å². The Labute approximate surface area is 76.0 Å². The highest BCUT2D eigenvalue weighted by Gasteiger charge is 2.01. The van der Waals surface area contributed by atoms with Crippen molar-refractivity contribution in [1.82, 2.24) is 14.8 Å². The molecule has 0 aliphatic carbocycles. The molecule has 0 amide bonds. The van der Waals surface area contributed by atoms with Gasteiger partial charge in [0.2, 0.25) is 0 Å². The lowest BCUT2D eigenvalue weighted by atomic mass is 10.3. The smallest absolute Gasteiger partial charge is 0.0906 e. The summed E-state index contributed by atoms with van der Waals surface area (Å²) in [6.45, 7) is 1.99. The minimum absolute atomic E-state index is 0.630. The van der Waals surface area contributed by atoms with E-state index in [0.717, 1.165) is 11.3 Å². The first-order valence-electron chi connectivity index (χ1n) is 3.98. The summed E-state index contributed by atoms with van der Waals surface area (Å²) in [6, 6.07) is 1.84. The predicted molar refractivity (Wildman–Crippen MR) is 50.5 cm³/mol. The van der Waals surface area contributed by atoms with E-state index >= 15 is 0 Å². The van der Waals surface area contributed by atoms with E-state index in [2.05, 4.69) is 10.1 Å². The van der Waals surface area contributed by atoms with Gasteiger partial charge in [-0.25, -0.2) is 4.68 Å². The quantitative estimate of drug-likeness (QED) is 0.705. The van der Waals surface area contributed by atoms with Gasteiger partial charge >= 0.3 is 0 Å². The third-order valence-electron chi connectivity index (χ3n) is 1.79. The van der Waals surface area contributed by atoms with Crippen molar-refractivity contribution in [3.8, 4) is 5.69 Å². The second-order valence-electron chi connectivity index (χ2n) is 2.90. The van der Waals surface area contributed by atoms with Gasteiger partial charge in [0, 0.05) is 12.4 Å². The van der Waals surface area contributed by atoms with Crippen LogP contribution >= 0.6 is 0 Å². The molecule has 0 atom stereocenters. The van der Waals surface area contributed by atoms with Gasteiger partial charge in [-0.3, -0.25) is 4.98 Å². The average Bonchev–Trinajstić information content (AvgIpc) is 2.53. The number of rotatable bonds is 1. The summed E-state index contributed by atoms with van der Waals surface area (Å²) in [4.78, 5) is 3.91. The van der Waals surface area contributed by atoms with Gasteiger partial charge in [-0.1, -0.05) is 0 Å². The molecule has 0 aromatic carbocycles. The second kappa shape index (κ2) is 2.90. The highest BCUT2D eigenvalue weighted by molar-refractivity contribution is 5.54. The van der Waals surface area contributed by atoms with Crippen LogP contribution < -0.4 is 5.73 Å². The van der Waals surface area contributed by atoms with Gasteiger partial charge in [-0.15, -0.1) is 0 Å². The lowest BCUT2D eigenvalue weighted by Crippen LogP contribution is -2.00. The number of aromatic nitrogens is 3. The molecular formula is C9H10N4. The second-order valence-corrected chi connectivity index (χ2v) is 2.90. The van der Waals surface area contributed by atoms with Crippen molar-refractivity contribution in [2.75, 3.05) is 5.73 Å². The van der Waals surface area contributed by atoms with E-state index in [1.54, 1.807) is 23.3 Å². The molecule has 0 fully saturated rings. The van der Waals surface area contributed by atoms with Crippen molar-refractivity contribution in [3.05, 3.63) is 36.4 Å². The normalized spacial score (nSPS) is 10.2. The number of pyridine rings is 1. The van der Waals surface area contributed by atoms with Crippen molar-refractivity contribution in [2.24, 2.45) is 0 Å². The molecule has 2 rings (SSSR count). The fourth-order valence-electron chi connectivity index (χ4n) is 1.15. The molecule has 0 spiro atoms. The van der Waals surface area contributed by atoms with Crippen LogP contribution in [0.2, 0.25) is 0 Å². The Hall–Kier alpha value is -1.84. The topological polar surface area (TPSA) is 56.7 Å². The number of aryl methyl sites for hydroxylation is 1. The molecular weight excluding hydrogens is 164 g/mol. The lowest BCUT2D eigenvalue weighted by Gasteiger charge is -2.03. The van der Waals surface area contributed by atoms with Crippen LogP contribution in [0.1, 0.15) is 5.56 Å². The van der Waals surface area contributed by atoms with Crippen LogP contribution in [0.25, 0.3) is 5.69 Å². The third kappa shape index (κ3) is 1.38. The monoisotopic (exact) mass is 174 g/mol. The molecule has 4 nitrogen and oxygen atoms in total. The summed E-state index contributed by atoms with van der Waals surface area (Å²) >= 11 is 0. The molecule has 2 aromatic rings. The lowest BCUT2D eigenvalue weighted by molar-refractivity contribution is 0.880. The Morgan fingerprint density at radius 2 is 2.23 bits per heavy atom. The standard InChI is InChI=1S/C9H10N4/c1-7-4-12-13(6-7)9-2-3-11-5-8(9)10/h2-6H,10H2,1H3. The predicted octanol–water partition coefficient (Wildman–Crippen LogP) is 1.16. The van der Waals surface area contributed by atoms with E-state index in [4.69, 9.17) is 5.73 Å². The van der Waals surface area contributed by atoms with E-state index in [-0.39, 0.29) is 0 Å². The molecule has 0 bridgehead atoms. The van der Waals surface area contributed by atoms with Crippen molar-refractivity contribution in [2.45, 2.75) is 6.92 Å². The van der Waals surface area contributed by atoms with Crippen molar-refractivity contribution >= 4 is 5.69 Å². The average molecular weight is 174 g/mol. The maximum absolute atomic E-state index is 5.74. The molecule has 2 aromatic heterocycles. The largest absolute Gasteiger partial charge is 0.396 e. The van der Waals surface area contributed by atoms with Crippen LogP contribution in [0, 0.1) is 6.92 Å².